The number of methoxy groups -OCH3 is 1. The molecule has 0 unspecified atom stereocenters. The van der Waals surface area contributed by atoms with Gasteiger partial charge in [0.25, 0.3) is 5.91 Å². The van der Waals surface area contributed by atoms with Crippen molar-refractivity contribution in [1.29, 1.82) is 0 Å². The third kappa shape index (κ3) is 3.12. The lowest BCUT2D eigenvalue weighted by molar-refractivity contribution is -0.380. The summed E-state index contributed by atoms with van der Waals surface area (Å²) in [4.78, 5) is 34.0. The molecule has 2 aromatic rings. The number of hydrogen-bond donors (Lipinski definition) is 1. The molecular formula is C14H12N2O5S. The molecule has 0 fully saturated rings. The van der Waals surface area contributed by atoms with Crippen LogP contribution in [0.4, 0.5) is 10.7 Å². The number of thiophene rings is 1. The van der Waals surface area contributed by atoms with Crippen molar-refractivity contribution in [1.82, 2.24) is 0 Å². The molecule has 1 amide bonds. The molecule has 1 aromatic carbocycles. The number of esters is 1. The SMILES string of the molecule is COC(=O)c1cccc(NC(=O)c2ccc([N+](=O)[O-])s2)c1C. The Morgan fingerprint density at radius 2 is 2.00 bits per heavy atom. The minimum atomic E-state index is -0.551. The van der Waals surface area contributed by atoms with Gasteiger partial charge in [0.1, 0.15) is 0 Å². The molecule has 1 aromatic heterocycles. The van der Waals surface area contributed by atoms with Crippen LogP contribution in [0.1, 0.15) is 25.6 Å². The van der Waals surface area contributed by atoms with Crippen LogP contribution in [-0.4, -0.2) is 23.9 Å². The van der Waals surface area contributed by atoms with Gasteiger partial charge in [-0.05, 0) is 30.7 Å². The maximum atomic E-state index is 12.1. The summed E-state index contributed by atoms with van der Waals surface area (Å²) in [7, 11) is 1.28. The fourth-order valence-corrected chi connectivity index (χ4v) is 2.55. The van der Waals surface area contributed by atoms with Crippen LogP contribution in [0.15, 0.2) is 30.3 Å². The van der Waals surface area contributed by atoms with Gasteiger partial charge in [0.2, 0.25) is 0 Å². The molecular weight excluding hydrogens is 308 g/mol. The molecule has 0 aliphatic carbocycles. The smallest absolute Gasteiger partial charge is 0.338 e. The van der Waals surface area contributed by atoms with Crippen LogP contribution in [0.25, 0.3) is 0 Å². The van der Waals surface area contributed by atoms with Crippen LogP contribution < -0.4 is 5.32 Å². The van der Waals surface area contributed by atoms with E-state index in [1.54, 1.807) is 25.1 Å². The lowest BCUT2D eigenvalue weighted by Crippen LogP contribution is -2.13. The van der Waals surface area contributed by atoms with Gasteiger partial charge in [0.05, 0.1) is 22.5 Å². The predicted molar refractivity (Wildman–Crippen MR) is 81.4 cm³/mol. The van der Waals surface area contributed by atoms with Gasteiger partial charge < -0.3 is 10.1 Å². The molecule has 0 spiro atoms. The van der Waals surface area contributed by atoms with Crippen molar-refractivity contribution in [2.45, 2.75) is 6.92 Å². The van der Waals surface area contributed by atoms with Gasteiger partial charge >= 0.3 is 11.0 Å². The number of nitrogens with zero attached hydrogens (tertiary/aromatic N) is 1. The number of ether oxygens (including phenoxy) is 1. The molecule has 0 bridgehead atoms. The quantitative estimate of drug-likeness (QED) is 0.530. The summed E-state index contributed by atoms with van der Waals surface area (Å²) in [6.45, 7) is 1.68. The first-order valence-electron chi connectivity index (χ1n) is 6.17. The van der Waals surface area contributed by atoms with Gasteiger partial charge in [0, 0.05) is 11.8 Å². The number of carbonyl (C=O) groups is 2. The lowest BCUT2D eigenvalue weighted by atomic mass is 10.1. The number of nitro groups is 1. The Hall–Kier alpha value is -2.74. The van der Waals surface area contributed by atoms with Crippen LogP contribution in [0.5, 0.6) is 0 Å². The molecule has 0 atom stereocenters. The van der Waals surface area contributed by atoms with Crippen LogP contribution in [-0.2, 0) is 4.74 Å². The molecule has 0 saturated carbocycles. The molecule has 2 rings (SSSR count). The standard InChI is InChI=1S/C14H12N2O5S/c1-8-9(14(18)21-2)4-3-5-10(8)15-13(17)11-6-7-12(22-11)16(19)20/h3-7H,1-2H3,(H,15,17). The Morgan fingerprint density at radius 1 is 1.27 bits per heavy atom. The minimum absolute atomic E-state index is 0.106. The van der Waals surface area contributed by atoms with Crippen LogP contribution in [0, 0.1) is 17.0 Å². The van der Waals surface area contributed by atoms with Crippen LogP contribution in [0.3, 0.4) is 0 Å². The number of amides is 1. The van der Waals surface area contributed by atoms with Crippen LogP contribution in [0.2, 0.25) is 0 Å². The monoisotopic (exact) mass is 320 g/mol. The van der Waals surface area contributed by atoms with Crippen molar-refractivity contribution in [3.8, 4) is 0 Å². The molecule has 7 nitrogen and oxygen atoms in total. The number of carbonyl (C=O) groups excluding carboxylic acids is 2. The van der Waals surface area contributed by atoms with Gasteiger partial charge in [0.15, 0.2) is 0 Å². The first kappa shape index (κ1) is 15.6. The average molecular weight is 320 g/mol. The van der Waals surface area contributed by atoms with Crippen LogP contribution >= 0.6 is 11.3 Å². The zero-order valence-corrected chi connectivity index (χ0v) is 12.6. The Balaban J connectivity index is 2.24. The number of benzene rings is 1. The van der Waals surface area contributed by atoms with E-state index in [-0.39, 0.29) is 9.88 Å². The summed E-state index contributed by atoms with van der Waals surface area (Å²) in [6.07, 6.45) is 0. The van der Waals surface area contributed by atoms with Gasteiger partial charge in [-0.15, -0.1) is 0 Å². The summed E-state index contributed by atoms with van der Waals surface area (Å²) >= 11 is 0.786. The molecule has 1 heterocycles. The maximum absolute atomic E-state index is 12.1. The van der Waals surface area contributed by atoms with Crippen molar-refractivity contribution in [2.75, 3.05) is 12.4 Å². The highest BCUT2D eigenvalue weighted by atomic mass is 32.1. The van der Waals surface area contributed by atoms with Crippen molar-refractivity contribution in [3.05, 3.63) is 56.5 Å². The highest BCUT2D eigenvalue weighted by Gasteiger charge is 2.17. The van der Waals surface area contributed by atoms with Crippen molar-refractivity contribution >= 4 is 33.9 Å². The van der Waals surface area contributed by atoms with E-state index in [2.05, 4.69) is 10.1 Å². The zero-order valence-electron chi connectivity index (χ0n) is 11.8. The Labute approximate surface area is 129 Å². The van der Waals surface area contributed by atoms with E-state index in [0.29, 0.717) is 16.8 Å². The summed E-state index contributed by atoms with van der Waals surface area (Å²) in [5, 5.41) is 13.2. The minimum Gasteiger partial charge on any atom is -0.465 e. The summed E-state index contributed by atoms with van der Waals surface area (Å²) in [5.41, 5.74) is 1.36. The molecule has 0 aliphatic rings. The number of nitrogens with one attached hydrogen (secondary N) is 1. The van der Waals surface area contributed by atoms with Crippen molar-refractivity contribution in [3.63, 3.8) is 0 Å². The van der Waals surface area contributed by atoms with Gasteiger partial charge in [-0.3, -0.25) is 14.9 Å². The second-order valence-corrected chi connectivity index (χ2v) is 5.38. The van der Waals surface area contributed by atoms with Gasteiger partial charge in [-0.1, -0.05) is 17.4 Å². The topological polar surface area (TPSA) is 98.5 Å². The second-order valence-electron chi connectivity index (χ2n) is 4.32. The van der Waals surface area contributed by atoms with E-state index in [9.17, 15) is 19.7 Å². The molecule has 0 saturated heterocycles. The van der Waals surface area contributed by atoms with Gasteiger partial charge in [-0.25, -0.2) is 4.79 Å². The van der Waals surface area contributed by atoms with Crippen molar-refractivity contribution < 1.29 is 19.2 Å². The summed E-state index contributed by atoms with van der Waals surface area (Å²) < 4.78 is 4.67. The van der Waals surface area contributed by atoms with E-state index in [1.165, 1.54) is 19.2 Å². The largest absolute Gasteiger partial charge is 0.465 e. The van der Waals surface area contributed by atoms with E-state index < -0.39 is 16.8 Å². The third-order valence-corrected chi connectivity index (χ3v) is 4.02. The van der Waals surface area contributed by atoms with E-state index in [4.69, 9.17) is 0 Å². The number of hydrogen-bond acceptors (Lipinski definition) is 6. The molecule has 0 radical (unpaired) electrons. The fraction of sp³-hybridized carbons (Fsp3) is 0.143. The summed E-state index contributed by atoms with van der Waals surface area (Å²) in [5.74, 6) is -0.969. The molecule has 114 valence electrons. The zero-order chi connectivity index (χ0) is 16.3. The molecule has 1 N–H and O–H groups in total. The van der Waals surface area contributed by atoms with E-state index in [1.807, 2.05) is 0 Å². The number of rotatable bonds is 4. The molecule has 22 heavy (non-hydrogen) atoms. The highest BCUT2D eigenvalue weighted by Crippen LogP contribution is 2.26. The fourth-order valence-electron chi connectivity index (χ4n) is 1.83. The highest BCUT2D eigenvalue weighted by molar-refractivity contribution is 7.17. The Morgan fingerprint density at radius 3 is 2.59 bits per heavy atom. The normalized spacial score (nSPS) is 10.1. The molecule has 0 aliphatic heterocycles. The van der Waals surface area contributed by atoms with E-state index >= 15 is 0 Å². The Bertz CT molecular complexity index is 753. The lowest BCUT2D eigenvalue weighted by Gasteiger charge is -2.10. The average Bonchev–Trinajstić information content (AvgIpc) is 2.99. The predicted octanol–water partition coefficient (Wildman–Crippen LogP) is 3.00. The first-order valence-corrected chi connectivity index (χ1v) is 6.99. The van der Waals surface area contributed by atoms with E-state index in [0.717, 1.165) is 11.3 Å². The first-order chi connectivity index (χ1) is 10.4. The second kappa shape index (κ2) is 6.35. The Kier molecular flexibility index (Phi) is 4.52. The van der Waals surface area contributed by atoms with Gasteiger partial charge in [-0.2, -0.15) is 0 Å². The number of anilines is 1. The molecule has 8 heteroatoms. The third-order valence-electron chi connectivity index (χ3n) is 2.98. The summed E-state index contributed by atoms with van der Waals surface area (Å²) in [6, 6.07) is 7.51. The van der Waals surface area contributed by atoms with Crippen molar-refractivity contribution in [2.24, 2.45) is 0 Å². The maximum Gasteiger partial charge on any atom is 0.338 e.